The van der Waals surface area contributed by atoms with Gasteiger partial charge in [-0.25, -0.2) is 0 Å². The van der Waals surface area contributed by atoms with Gasteiger partial charge in [-0.3, -0.25) is 0 Å². The van der Waals surface area contributed by atoms with Gasteiger partial charge in [-0.05, 0) is 53.6 Å². The molecule has 2 atom stereocenters. The lowest BCUT2D eigenvalue weighted by Crippen LogP contribution is -2.17. The third-order valence-electron chi connectivity index (χ3n) is 4.36. The summed E-state index contributed by atoms with van der Waals surface area (Å²) in [5.41, 5.74) is 8.95. The van der Waals surface area contributed by atoms with Gasteiger partial charge in [0.05, 0.1) is 0 Å². The van der Waals surface area contributed by atoms with E-state index in [1.165, 1.54) is 11.1 Å². The summed E-state index contributed by atoms with van der Waals surface area (Å²) >= 11 is 0. The van der Waals surface area contributed by atoms with Crippen LogP contribution >= 0.6 is 0 Å². The predicted octanol–water partition coefficient (Wildman–Crippen LogP) is 2.96. The van der Waals surface area contributed by atoms with E-state index in [4.69, 9.17) is 0 Å². The second-order valence-corrected chi connectivity index (χ2v) is 5.84. The number of aliphatic hydroxyl groups excluding tert-OH is 2. The summed E-state index contributed by atoms with van der Waals surface area (Å²) in [7, 11) is 0. The molecule has 2 aromatic rings. The molecular weight excluding hydrogens is 236 g/mol. The van der Waals surface area contributed by atoms with Crippen LogP contribution in [0.1, 0.15) is 45.6 Å². The summed E-state index contributed by atoms with van der Waals surface area (Å²) in [5.74, 6) is 0. The van der Waals surface area contributed by atoms with E-state index in [0.29, 0.717) is 0 Å². The fourth-order valence-corrected chi connectivity index (χ4v) is 3.68. The van der Waals surface area contributed by atoms with E-state index in [2.05, 4.69) is 12.1 Å². The van der Waals surface area contributed by atoms with Gasteiger partial charge in [0.15, 0.2) is 0 Å². The summed E-state index contributed by atoms with van der Waals surface area (Å²) in [6.07, 6.45) is -0.712. The van der Waals surface area contributed by atoms with Gasteiger partial charge >= 0.3 is 0 Å². The van der Waals surface area contributed by atoms with E-state index in [-0.39, 0.29) is 0 Å². The molecule has 4 rings (SSSR count). The van der Waals surface area contributed by atoms with Crippen LogP contribution in [0.15, 0.2) is 24.3 Å². The van der Waals surface area contributed by atoms with Gasteiger partial charge in [0.25, 0.3) is 0 Å². The normalized spacial score (nSPS) is 22.5. The summed E-state index contributed by atoms with van der Waals surface area (Å²) in [5, 5.41) is 20.8. The highest BCUT2D eigenvalue weighted by Gasteiger charge is 2.37. The van der Waals surface area contributed by atoms with E-state index in [1.807, 2.05) is 26.0 Å². The molecule has 2 N–H and O–H groups in total. The molecule has 2 nitrogen and oxygen atoms in total. The van der Waals surface area contributed by atoms with E-state index in [1.54, 1.807) is 0 Å². The molecule has 0 amide bonds. The average Bonchev–Trinajstić information content (AvgIpc) is 2.71. The smallest absolute Gasteiger partial charge is 0.110 e. The second-order valence-electron chi connectivity index (χ2n) is 5.84. The van der Waals surface area contributed by atoms with E-state index in [0.717, 1.165) is 39.8 Å². The Labute approximate surface area is 112 Å². The minimum absolute atomic E-state index is 0.811. The Balaban J connectivity index is 2.15. The Bertz CT molecular complexity index is 654. The van der Waals surface area contributed by atoms with E-state index < -0.39 is 12.2 Å². The molecule has 0 radical (unpaired) electrons. The topological polar surface area (TPSA) is 40.5 Å². The summed E-state index contributed by atoms with van der Waals surface area (Å²) in [6.45, 7) is 4.08. The Morgan fingerprint density at radius 1 is 0.789 bits per heavy atom. The van der Waals surface area contributed by atoms with Crippen LogP contribution in [0.25, 0.3) is 11.1 Å². The number of aliphatic hydroxyl groups is 2. The largest absolute Gasteiger partial charge is 0.385 e. The molecule has 19 heavy (non-hydrogen) atoms. The van der Waals surface area contributed by atoms with Gasteiger partial charge in [0.1, 0.15) is 12.2 Å². The van der Waals surface area contributed by atoms with Gasteiger partial charge in [0.2, 0.25) is 0 Å². The molecule has 2 heteroatoms. The third-order valence-corrected chi connectivity index (χ3v) is 4.36. The molecule has 0 saturated heterocycles. The molecule has 0 heterocycles. The monoisotopic (exact) mass is 252 g/mol. The quantitative estimate of drug-likeness (QED) is 0.646. The second kappa shape index (κ2) is 3.47. The fourth-order valence-electron chi connectivity index (χ4n) is 3.68. The summed E-state index contributed by atoms with van der Waals surface area (Å²) in [4.78, 5) is 0. The number of rotatable bonds is 0. The van der Waals surface area contributed by atoms with Crippen LogP contribution in [-0.2, 0) is 6.42 Å². The van der Waals surface area contributed by atoms with Crippen LogP contribution in [0.2, 0.25) is 0 Å². The van der Waals surface area contributed by atoms with Crippen molar-refractivity contribution in [1.29, 1.82) is 0 Å². The van der Waals surface area contributed by atoms with Crippen molar-refractivity contribution < 1.29 is 10.2 Å². The van der Waals surface area contributed by atoms with Crippen molar-refractivity contribution >= 4 is 0 Å². The minimum atomic E-state index is -0.811. The van der Waals surface area contributed by atoms with Gasteiger partial charge < -0.3 is 10.2 Å². The van der Waals surface area contributed by atoms with Crippen molar-refractivity contribution in [2.45, 2.75) is 32.5 Å². The molecule has 0 saturated carbocycles. The van der Waals surface area contributed by atoms with Crippen LogP contribution in [-0.4, -0.2) is 10.2 Å². The lowest BCUT2D eigenvalue weighted by molar-refractivity contribution is 0.0158. The van der Waals surface area contributed by atoms with E-state index >= 15 is 0 Å². The van der Waals surface area contributed by atoms with Crippen molar-refractivity contribution in [2.75, 3.05) is 0 Å². The Morgan fingerprint density at radius 2 is 1.21 bits per heavy atom. The SMILES string of the molecule is Cc1cc2c3c(c1)C(O)C(O)c1cc(C)cc(c1-3)C2. The maximum absolute atomic E-state index is 10.4. The van der Waals surface area contributed by atoms with Crippen LogP contribution in [0.3, 0.4) is 0 Å². The van der Waals surface area contributed by atoms with Crippen molar-refractivity contribution in [3.63, 3.8) is 0 Å². The van der Waals surface area contributed by atoms with E-state index in [9.17, 15) is 10.2 Å². The lowest BCUT2D eigenvalue weighted by atomic mass is 9.81. The molecule has 0 aliphatic heterocycles. The number of aryl methyl sites for hydroxylation is 2. The Kier molecular flexibility index (Phi) is 2.05. The molecule has 2 aliphatic carbocycles. The van der Waals surface area contributed by atoms with Crippen LogP contribution in [0.4, 0.5) is 0 Å². The van der Waals surface area contributed by atoms with Crippen molar-refractivity contribution in [1.82, 2.24) is 0 Å². The average molecular weight is 252 g/mol. The fraction of sp³-hybridized carbons (Fsp3) is 0.294. The summed E-state index contributed by atoms with van der Waals surface area (Å²) < 4.78 is 0. The highest BCUT2D eigenvalue weighted by Crippen LogP contribution is 2.52. The molecule has 2 unspecified atom stereocenters. The molecule has 2 aliphatic rings. The molecular formula is C17H16O2. The van der Waals surface area contributed by atoms with Crippen LogP contribution in [0, 0.1) is 13.8 Å². The maximum atomic E-state index is 10.4. The van der Waals surface area contributed by atoms with Crippen LogP contribution in [0.5, 0.6) is 0 Å². The lowest BCUT2D eigenvalue weighted by Gasteiger charge is -2.29. The number of benzene rings is 2. The molecule has 0 bridgehead atoms. The summed E-state index contributed by atoms with van der Waals surface area (Å²) in [6, 6.07) is 8.40. The van der Waals surface area contributed by atoms with Crippen molar-refractivity contribution in [3.05, 3.63) is 57.6 Å². The zero-order valence-electron chi connectivity index (χ0n) is 11.1. The first-order chi connectivity index (χ1) is 9.06. The zero-order chi connectivity index (χ0) is 13.3. The molecule has 2 aromatic carbocycles. The first kappa shape index (κ1) is 11.2. The standard InChI is InChI=1S/C17H16O2/c1-8-3-10-7-11-4-9(2)6-13-15(11)14(10)12(5-8)16(18)17(13)19/h3-6,16-19H,7H2,1-2H3. The number of hydrogen-bond acceptors (Lipinski definition) is 2. The van der Waals surface area contributed by atoms with Gasteiger partial charge in [0, 0.05) is 0 Å². The van der Waals surface area contributed by atoms with Gasteiger partial charge in [-0.1, -0.05) is 35.4 Å². The molecule has 96 valence electrons. The first-order valence-electron chi connectivity index (χ1n) is 6.69. The molecule has 0 spiro atoms. The third kappa shape index (κ3) is 1.33. The number of hydrogen-bond donors (Lipinski definition) is 2. The first-order valence-corrected chi connectivity index (χ1v) is 6.69. The minimum Gasteiger partial charge on any atom is -0.385 e. The molecule has 0 aromatic heterocycles. The molecule has 0 fully saturated rings. The van der Waals surface area contributed by atoms with Gasteiger partial charge in [-0.15, -0.1) is 0 Å². The Hall–Kier alpha value is -1.64. The van der Waals surface area contributed by atoms with Crippen molar-refractivity contribution in [2.24, 2.45) is 0 Å². The zero-order valence-corrected chi connectivity index (χ0v) is 11.1. The van der Waals surface area contributed by atoms with Crippen LogP contribution < -0.4 is 0 Å². The van der Waals surface area contributed by atoms with Gasteiger partial charge in [-0.2, -0.15) is 0 Å². The highest BCUT2D eigenvalue weighted by atomic mass is 16.3. The Morgan fingerprint density at radius 3 is 1.63 bits per heavy atom. The van der Waals surface area contributed by atoms with Crippen molar-refractivity contribution in [3.8, 4) is 11.1 Å². The maximum Gasteiger partial charge on any atom is 0.110 e. The predicted molar refractivity (Wildman–Crippen MR) is 74.1 cm³/mol. The highest BCUT2D eigenvalue weighted by molar-refractivity contribution is 5.85.